The predicted octanol–water partition coefficient (Wildman–Crippen LogP) is 3.90. The standard InChI is InChI=1S/C27H33ClN2O8S3/c1-4-19(14-26-29(9-5-11-40(31,32)33)21-16-20(28)7-8-23(21)38-26)15-27-30(10-6-12-41(34,35)36)22-13-18(2)24(37-3)17-25(22)39-27/h7-8,13-17,26H,4-6,9-12H2,1-3H3,(H,31,32,33)(H,34,35,36)/b19-14+,27-15-. The van der Waals surface area contributed by atoms with Gasteiger partial charge in [-0.15, -0.1) is 0 Å². The van der Waals surface area contributed by atoms with Gasteiger partial charge in [-0.05, 0) is 61.2 Å². The van der Waals surface area contributed by atoms with Crippen molar-refractivity contribution in [2.75, 3.05) is 36.6 Å². The number of benzene rings is 2. The number of quaternary nitrogens is 1. The van der Waals surface area contributed by atoms with Crippen molar-refractivity contribution in [3.63, 3.8) is 0 Å². The minimum absolute atomic E-state index is 0.164. The molecule has 224 valence electrons. The van der Waals surface area contributed by atoms with Crippen LogP contribution in [0.3, 0.4) is 0 Å². The monoisotopic (exact) mass is 644 g/mol. The second-order valence-corrected chi connectivity index (χ2v) is 14.4. The minimum atomic E-state index is -4.35. The zero-order valence-corrected chi connectivity index (χ0v) is 26.1. The van der Waals surface area contributed by atoms with Crippen molar-refractivity contribution in [3.05, 3.63) is 63.7 Å². The summed E-state index contributed by atoms with van der Waals surface area (Å²) < 4.78 is 77.4. The Morgan fingerprint density at radius 1 is 1.22 bits per heavy atom. The third-order valence-electron chi connectivity index (χ3n) is 6.84. The molecule has 41 heavy (non-hydrogen) atoms. The third-order valence-corrected chi connectivity index (χ3v) is 9.76. The third kappa shape index (κ3) is 8.19. The minimum Gasteiger partial charge on any atom is -0.748 e. The first-order valence-corrected chi connectivity index (χ1v) is 17.4. The number of ether oxygens (including phenoxy) is 2. The van der Waals surface area contributed by atoms with E-state index >= 15 is 0 Å². The molecule has 0 radical (unpaired) electrons. The molecule has 0 spiro atoms. The summed E-state index contributed by atoms with van der Waals surface area (Å²) in [6.07, 6.45) is 4.58. The molecule has 0 amide bonds. The van der Waals surface area contributed by atoms with Crippen molar-refractivity contribution >= 4 is 55.0 Å². The molecule has 2 N–H and O–H groups in total. The summed E-state index contributed by atoms with van der Waals surface area (Å²) in [6, 6.07) is 9.24. The Morgan fingerprint density at radius 3 is 2.63 bits per heavy atom. The highest BCUT2D eigenvalue weighted by molar-refractivity contribution is 8.03. The highest BCUT2D eigenvalue weighted by atomic mass is 35.5. The average Bonchev–Trinajstić information content (AvgIpc) is 3.38. The van der Waals surface area contributed by atoms with E-state index in [2.05, 4.69) is 0 Å². The molecule has 0 aliphatic carbocycles. The van der Waals surface area contributed by atoms with Crippen LogP contribution in [-0.2, 0) is 20.2 Å². The fourth-order valence-corrected chi connectivity index (χ4v) is 7.22. The van der Waals surface area contributed by atoms with Crippen molar-refractivity contribution in [1.29, 1.82) is 0 Å². The normalized spacial score (nSPS) is 19.8. The Kier molecular flexibility index (Phi) is 10.00. The van der Waals surface area contributed by atoms with Crippen molar-refractivity contribution < 1.29 is 40.3 Å². The number of anilines is 1. The smallest absolute Gasteiger partial charge is 0.264 e. The first kappa shape index (κ1) is 31.7. The molecular weight excluding hydrogens is 612 g/mol. The molecule has 2 aromatic carbocycles. The molecule has 0 bridgehead atoms. The van der Waals surface area contributed by atoms with E-state index < -0.39 is 32.2 Å². The molecule has 0 saturated carbocycles. The van der Waals surface area contributed by atoms with Crippen molar-refractivity contribution in [2.24, 2.45) is 0 Å². The van der Waals surface area contributed by atoms with Gasteiger partial charge in [0.25, 0.3) is 16.3 Å². The van der Waals surface area contributed by atoms with E-state index in [4.69, 9.17) is 21.1 Å². The number of thioether (sulfide) groups is 1. The second kappa shape index (κ2) is 12.9. The van der Waals surface area contributed by atoms with E-state index in [1.807, 2.05) is 43.0 Å². The Balaban J connectivity index is 1.66. The summed E-state index contributed by atoms with van der Waals surface area (Å²) in [7, 11) is -6.83. The lowest BCUT2D eigenvalue weighted by atomic mass is 10.1. The van der Waals surface area contributed by atoms with Crippen LogP contribution in [0.1, 0.15) is 31.7 Å². The molecule has 4 rings (SSSR count). The zero-order chi connectivity index (χ0) is 29.9. The highest BCUT2D eigenvalue weighted by Crippen LogP contribution is 2.49. The maximum absolute atomic E-state index is 11.4. The van der Waals surface area contributed by atoms with Gasteiger partial charge >= 0.3 is 0 Å². The topological polar surface area (TPSA) is 138 Å². The Labute approximate surface area is 250 Å². The number of allylic oxidation sites excluding steroid dienone is 2. The van der Waals surface area contributed by atoms with Crippen LogP contribution in [0.15, 0.2) is 58.0 Å². The van der Waals surface area contributed by atoms with E-state index in [0.29, 0.717) is 30.3 Å². The van der Waals surface area contributed by atoms with Crippen LogP contribution in [0.4, 0.5) is 11.4 Å². The van der Waals surface area contributed by atoms with Gasteiger partial charge in [0.05, 0.1) is 40.2 Å². The Bertz CT molecular complexity index is 1570. The lowest BCUT2D eigenvalue weighted by molar-refractivity contribution is -0.862. The lowest BCUT2D eigenvalue weighted by Gasteiger charge is -2.22. The summed E-state index contributed by atoms with van der Waals surface area (Å²) in [5.74, 6) is 0.563. The van der Waals surface area contributed by atoms with Gasteiger partial charge in [0, 0.05) is 40.8 Å². The first-order chi connectivity index (χ1) is 19.3. The molecule has 0 fully saturated rings. The molecule has 0 aromatic heterocycles. The van der Waals surface area contributed by atoms with Gasteiger partial charge in [-0.2, -0.15) is 8.42 Å². The molecule has 2 aliphatic rings. The van der Waals surface area contributed by atoms with E-state index in [1.54, 1.807) is 25.3 Å². The number of nitrogens with zero attached hydrogens (tertiary/aromatic N) is 1. The number of aryl methyl sites for hydroxylation is 1. The van der Waals surface area contributed by atoms with Crippen LogP contribution in [-0.4, -0.2) is 63.9 Å². The number of hydrogen-bond acceptors (Lipinski definition) is 9. The number of halogens is 1. The molecule has 2 atom stereocenters. The van der Waals surface area contributed by atoms with Crippen LogP contribution in [0.2, 0.25) is 5.02 Å². The molecule has 2 aliphatic heterocycles. The van der Waals surface area contributed by atoms with Gasteiger partial charge < -0.3 is 18.9 Å². The number of nitrogens with one attached hydrogen (secondary N) is 1. The molecule has 2 aromatic rings. The van der Waals surface area contributed by atoms with Crippen LogP contribution in [0.5, 0.6) is 11.5 Å². The number of methoxy groups -OCH3 is 1. The fourth-order valence-electron chi connectivity index (χ4n) is 4.89. The maximum Gasteiger partial charge on any atom is 0.264 e. The molecule has 2 heterocycles. The van der Waals surface area contributed by atoms with Gasteiger partial charge in [0.1, 0.15) is 5.75 Å². The highest BCUT2D eigenvalue weighted by Gasteiger charge is 2.35. The van der Waals surface area contributed by atoms with Gasteiger partial charge in [-0.1, -0.05) is 30.3 Å². The first-order valence-electron chi connectivity index (χ1n) is 13.1. The Hall–Kier alpha value is -2.26. The van der Waals surface area contributed by atoms with Gasteiger partial charge in [0.15, 0.2) is 11.4 Å². The zero-order valence-electron chi connectivity index (χ0n) is 22.9. The fraction of sp³-hybridized carbons (Fsp3) is 0.407. The molecular formula is C27H33ClN2O8S3. The molecule has 2 unspecified atom stereocenters. The number of rotatable bonds is 12. The van der Waals surface area contributed by atoms with Gasteiger partial charge in [0.2, 0.25) is 0 Å². The molecule has 10 nitrogen and oxygen atoms in total. The van der Waals surface area contributed by atoms with E-state index in [9.17, 15) is 25.9 Å². The van der Waals surface area contributed by atoms with Crippen molar-refractivity contribution in [1.82, 2.24) is 0 Å². The van der Waals surface area contributed by atoms with Crippen LogP contribution in [0, 0.1) is 6.92 Å². The van der Waals surface area contributed by atoms with Crippen LogP contribution >= 0.6 is 23.4 Å². The quantitative estimate of drug-likeness (QED) is 0.327. The molecule has 14 heteroatoms. The maximum atomic E-state index is 11.4. The van der Waals surface area contributed by atoms with Gasteiger partial charge in [-0.3, -0.25) is 9.45 Å². The predicted molar refractivity (Wildman–Crippen MR) is 159 cm³/mol. The second-order valence-electron chi connectivity index (χ2n) is 9.83. The van der Waals surface area contributed by atoms with Crippen LogP contribution < -0.4 is 19.3 Å². The van der Waals surface area contributed by atoms with Crippen molar-refractivity contribution in [2.45, 2.75) is 44.2 Å². The SMILES string of the molecule is CCC(/C=C1\Sc2cc(OC)c(C)cc2N1CCCS(=O)(=O)O)=C\C1Oc2ccc(Cl)cc2[NH+]1CCCS(=O)(=O)[O-]. The summed E-state index contributed by atoms with van der Waals surface area (Å²) in [6.45, 7) is 4.67. The summed E-state index contributed by atoms with van der Waals surface area (Å²) in [4.78, 5) is 3.85. The summed E-state index contributed by atoms with van der Waals surface area (Å²) >= 11 is 7.78. The summed E-state index contributed by atoms with van der Waals surface area (Å²) in [5, 5.41) is 1.41. The number of fused-ring (bicyclic) bond motifs is 2. The number of hydrogen-bond donors (Lipinski definition) is 2. The van der Waals surface area contributed by atoms with Crippen molar-refractivity contribution in [3.8, 4) is 11.5 Å². The molecule has 0 saturated heterocycles. The van der Waals surface area contributed by atoms with Gasteiger partial charge in [-0.25, -0.2) is 8.42 Å². The lowest BCUT2D eigenvalue weighted by Crippen LogP contribution is -3.10. The van der Waals surface area contributed by atoms with E-state index in [0.717, 1.165) is 43.1 Å². The summed E-state index contributed by atoms with van der Waals surface area (Å²) in [5.41, 5.74) is 3.61. The van der Waals surface area contributed by atoms with E-state index in [-0.39, 0.29) is 18.6 Å². The Morgan fingerprint density at radius 2 is 1.98 bits per heavy atom. The average molecular weight is 645 g/mol. The largest absolute Gasteiger partial charge is 0.748 e. The van der Waals surface area contributed by atoms with E-state index in [1.165, 1.54) is 11.8 Å². The van der Waals surface area contributed by atoms with Crippen LogP contribution in [0.25, 0.3) is 0 Å².